The van der Waals surface area contributed by atoms with E-state index in [0.717, 1.165) is 6.54 Å². The Balaban J connectivity index is 2.67. The number of carboxylic acids is 1. The van der Waals surface area contributed by atoms with E-state index in [1.165, 1.54) is 22.3 Å². The number of hydrogen-bond donors (Lipinski definition) is 2. The van der Waals surface area contributed by atoms with Crippen LogP contribution in [0.1, 0.15) is 28.7 Å². The first kappa shape index (κ1) is 15.7. The number of benzene rings is 1. The largest absolute Gasteiger partial charge is 0.481 e. The van der Waals surface area contributed by atoms with E-state index in [4.69, 9.17) is 10.8 Å². The molecule has 0 fully saturated rings. The van der Waals surface area contributed by atoms with Gasteiger partial charge in [-0.3, -0.25) is 4.79 Å². The van der Waals surface area contributed by atoms with Gasteiger partial charge in [0.05, 0.1) is 6.42 Å². The molecular weight excluding hydrogens is 240 g/mol. The second kappa shape index (κ2) is 6.68. The van der Waals surface area contributed by atoms with Gasteiger partial charge in [0.1, 0.15) is 0 Å². The third-order valence-corrected chi connectivity index (χ3v) is 3.25. The van der Waals surface area contributed by atoms with Crippen molar-refractivity contribution in [1.82, 2.24) is 4.90 Å². The van der Waals surface area contributed by atoms with E-state index in [2.05, 4.69) is 37.8 Å². The summed E-state index contributed by atoms with van der Waals surface area (Å²) in [6.07, 6.45) is 0.0101. The van der Waals surface area contributed by atoms with Gasteiger partial charge in [-0.25, -0.2) is 0 Å². The predicted molar refractivity (Wildman–Crippen MR) is 77.2 cm³/mol. The Kier molecular flexibility index (Phi) is 5.51. The molecule has 4 nitrogen and oxygen atoms in total. The summed E-state index contributed by atoms with van der Waals surface area (Å²) in [5.74, 6) is -0.844. The number of carboxylic acid groups (broad SMARTS) is 1. The van der Waals surface area contributed by atoms with Gasteiger partial charge in [0.25, 0.3) is 0 Å². The van der Waals surface area contributed by atoms with Crippen molar-refractivity contribution < 1.29 is 9.90 Å². The first-order valence-corrected chi connectivity index (χ1v) is 6.52. The second-order valence-electron chi connectivity index (χ2n) is 5.43. The second-order valence-corrected chi connectivity index (χ2v) is 5.43. The Labute approximate surface area is 115 Å². The van der Waals surface area contributed by atoms with Crippen molar-refractivity contribution >= 4 is 5.97 Å². The van der Waals surface area contributed by atoms with Crippen LogP contribution in [0, 0.1) is 20.8 Å². The number of carbonyl (C=O) groups is 1. The van der Waals surface area contributed by atoms with Gasteiger partial charge in [-0.1, -0.05) is 17.7 Å². The van der Waals surface area contributed by atoms with E-state index < -0.39 is 5.97 Å². The molecule has 19 heavy (non-hydrogen) atoms. The number of hydrogen-bond acceptors (Lipinski definition) is 3. The highest BCUT2D eigenvalue weighted by Crippen LogP contribution is 2.18. The molecule has 0 aliphatic heterocycles. The number of nitrogens with zero attached hydrogens (tertiary/aromatic N) is 1. The molecule has 0 saturated heterocycles. The van der Waals surface area contributed by atoms with Crippen LogP contribution in [0.15, 0.2) is 12.1 Å². The molecule has 106 valence electrons. The van der Waals surface area contributed by atoms with Crippen LogP contribution in [0.25, 0.3) is 0 Å². The van der Waals surface area contributed by atoms with Gasteiger partial charge in [-0.15, -0.1) is 0 Å². The highest BCUT2D eigenvalue weighted by Gasteiger charge is 2.13. The summed E-state index contributed by atoms with van der Waals surface area (Å²) in [6, 6.07) is 4.02. The molecule has 1 aromatic rings. The van der Waals surface area contributed by atoms with Gasteiger partial charge in [0.2, 0.25) is 0 Å². The van der Waals surface area contributed by atoms with Crippen molar-refractivity contribution in [2.24, 2.45) is 5.73 Å². The van der Waals surface area contributed by atoms with E-state index in [1.807, 2.05) is 7.05 Å². The highest BCUT2D eigenvalue weighted by molar-refractivity contribution is 5.67. The fraction of sp³-hybridized carbons (Fsp3) is 0.533. The molecule has 0 aliphatic rings. The van der Waals surface area contributed by atoms with Crippen LogP contribution >= 0.6 is 0 Å². The monoisotopic (exact) mass is 264 g/mol. The van der Waals surface area contributed by atoms with E-state index in [0.29, 0.717) is 6.54 Å². The normalized spacial score (nSPS) is 12.7. The van der Waals surface area contributed by atoms with Crippen LogP contribution in [-0.2, 0) is 11.3 Å². The molecule has 0 radical (unpaired) electrons. The zero-order valence-corrected chi connectivity index (χ0v) is 12.2. The summed E-state index contributed by atoms with van der Waals surface area (Å²) in [5, 5.41) is 8.71. The molecule has 4 heteroatoms. The number of aliphatic carboxylic acids is 1. The van der Waals surface area contributed by atoms with Crippen molar-refractivity contribution in [1.29, 1.82) is 0 Å². The minimum absolute atomic E-state index is 0.0101. The molecule has 0 aliphatic carbocycles. The van der Waals surface area contributed by atoms with Gasteiger partial charge in [-0.05, 0) is 44.5 Å². The van der Waals surface area contributed by atoms with Crippen LogP contribution < -0.4 is 5.73 Å². The lowest BCUT2D eigenvalue weighted by molar-refractivity contribution is -0.137. The lowest BCUT2D eigenvalue weighted by Gasteiger charge is -2.22. The first-order valence-electron chi connectivity index (χ1n) is 6.52. The molecule has 3 N–H and O–H groups in total. The zero-order chi connectivity index (χ0) is 14.6. The zero-order valence-electron chi connectivity index (χ0n) is 12.2. The van der Waals surface area contributed by atoms with Crippen LogP contribution in [0.2, 0.25) is 0 Å². The van der Waals surface area contributed by atoms with E-state index in [-0.39, 0.29) is 12.5 Å². The number of rotatable bonds is 6. The summed E-state index contributed by atoms with van der Waals surface area (Å²) in [6.45, 7) is 7.70. The van der Waals surface area contributed by atoms with Crippen molar-refractivity contribution in [3.05, 3.63) is 34.4 Å². The summed E-state index contributed by atoms with van der Waals surface area (Å²) in [4.78, 5) is 12.7. The molecule has 1 aromatic carbocycles. The van der Waals surface area contributed by atoms with E-state index in [1.54, 1.807) is 0 Å². The maximum absolute atomic E-state index is 10.6. The fourth-order valence-electron chi connectivity index (χ4n) is 2.48. The molecule has 1 rings (SSSR count). The fourth-order valence-corrected chi connectivity index (χ4v) is 2.48. The van der Waals surface area contributed by atoms with Gasteiger partial charge in [-0.2, -0.15) is 0 Å². The lowest BCUT2D eigenvalue weighted by Crippen LogP contribution is -2.36. The minimum atomic E-state index is -0.844. The summed E-state index contributed by atoms with van der Waals surface area (Å²) in [7, 11) is 1.97. The summed E-state index contributed by atoms with van der Waals surface area (Å²) >= 11 is 0. The van der Waals surface area contributed by atoms with Crippen LogP contribution in [0.3, 0.4) is 0 Å². The van der Waals surface area contributed by atoms with Gasteiger partial charge >= 0.3 is 5.97 Å². The van der Waals surface area contributed by atoms with Crippen molar-refractivity contribution in [3.63, 3.8) is 0 Å². The molecule has 0 aromatic heterocycles. The standard InChI is InChI=1S/C15H24N2O2/c1-10-5-11(2)14(12(3)6-10)9-17(4)8-13(16)7-15(18)19/h5-6,13H,7-9,16H2,1-4H3,(H,18,19). The molecule has 0 spiro atoms. The average Bonchev–Trinajstić information content (AvgIpc) is 2.21. The molecular formula is C15H24N2O2. The van der Waals surface area contributed by atoms with Crippen LogP contribution in [-0.4, -0.2) is 35.6 Å². The Morgan fingerprint density at radius 2 is 1.84 bits per heavy atom. The highest BCUT2D eigenvalue weighted by atomic mass is 16.4. The van der Waals surface area contributed by atoms with Gasteiger partial charge < -0.3 is 15.7 Å². The van der Waals surface area contributed by atoms with Crippen molar-refractivity contribution in [2.45, 2.75) is 39.8 Å². The number of nitrogens with two attached hydrogens (primary N) is 1. The minimum Gasteiger partial charge on any atom is -0.481 e. The first-order chi connectivity index (χ1) is 8.79. The third kappa shape index (κ3) is 5.01. The molecule has 1 unspecified atom stereocenters. The Morgan fingerprint density at radius 1 is 1.32 bits per heavy atom. The van der Waals surface area contributed by atoms with Crippen LogP contribution in [0.4, 0.5) is 0 Å². The molecule has 0 heterocycles. The average molecular weight is 264 g/mol. The smallest absolute Gasteiger partial charge is 0.304 e. The Hall–Kier alpha value is -1.39. The van der Waals surface area contributed by atoms with Crippen molar-refractivity contribution in [3.8, 4) is 0 Å². The molecule has 0 bridgehead atoms. The molecule has 0 saturated carbocycles. The number of likely N-dealkylation sites (N-methyl/N-ethyl adjacent to an activating group) is 1. The number of aryl methyl sites for hydroxylation is 3. The summed E-state index contributed by atoms with van der Waals surface area (Å²) < 4.78 is 0. The Morgan fingerprint density at radius 3 is 2.32 bits per heavy atom. The molecule has 1 atom stereocenters. The lowest BCUT2D eigenvalue weighted by atomic mass is 9.99. The van der Waals surface area contributed by atoms with Crippen molar-refractivity contribution in [2.75, 3.05) is 13.6 Å². The van der Waals surface area contributed by atoms with E-state index >= 15 is 0 Å². The van der Waals surface area contributed by atoms with E-state index in [9.17, 15) is 4.79 Å². The Bertz CT molecular complexity index is 434. The maximum Gasteiger partial charge on any atom is 0.304 e. The SMILES string of the molecule is Cc1cc(C)c(CN(C)CC(N)CC(=O)O)c(C)c1. The van der Waals surface area contributed by atoms with Crippen LogP contribution in [0.5, 0.6) is 0 Å². The quantitative estimate of drug-likeness (QED) is 0.823. The summed E-state index contributed by atoms with van der Waals surface area (Å²) in [5.41, 5.74) is 10.9. The molecule has 0 amide bonds. The maximum atomic E-state index is 10.6. The topological polar surface area (TPSA) is 66.6 Å². The van der Waals surface area contributed by atoms with Gasteiger partial charge in [0, 0.05) is 19.1 Å². The van der Waals surface area contributed by atoms with Gasteiger partial charge in [0.15, 0.2) is 0 Å². The predicted octanol–water partition coefficient (Wildman–Crippen LogP) is 1.85. The third-order valence-electron chi connectivity index (χ3n) is 3.25.